The van der Waals surface area contributed by atoms with E-state index in [2.05, 4.69) is 23.4 Å². The van der Waals surface area contributed by atoms with Crippen molar-refractivity contribution in [3.63, 3.8) is 0 Å². The van der Waals surface area contributed by atoms with Crippen molar-refractivity contribution in [2.45, 2.75) is 13.3 Å². The first kappa shape index (κ1) is 12.6. The molecule has 0 amide bonds. The van der Waals surface area contributed by atoms with Crippen molar-refractivity contribution in [2.24, 2.45) is 0 Å². The molecule has 1 N–H and O–H groups in total. The molecule has 0 saturated carbocycles. The van der Waals surface area contributed by atoms with Gasteiger partial charge in [-0.3, -0.25) is 0 Å². The van der Waals surface area contributed by atoms with Gasteiger partial charge in [-0.15, -0.1) is 0 Å². The lowest BCUT2D eigenvalue weighted by Gasteiger charge is -2.04. The summed E-state index contributed by atoms with van der Waals surface area (Å²) < 4.78 is 7.48. The van der Waals surface area contributed by atoms with Gasteiger partial charge in [0.25, 0.3) is 0 Å². The Hall–Kier alpha value is -1.81. The highest BCUT2D eigenvalue weighted by atomic mass is 16.5. The van der Waals surface area contributed by atoms with Crippen molar-refractivity contribution >= 4 is 0 Å². The quantitative estimate of drug-likeness (QED) is 0.793. The summed E-state index contributed by atoms with van der Waals surface area (Å²) in [5.74, 6) is 0.814. The molecule has 1 heterocycles. The first-order chi connectivity index (χ1) is 8.81. The summed E-state index contributed by atoms with van der Waals surface area (Å²) >= 11 is 0. The molecule has 0 atom stereocenters. The minimum absolute atomic E-state index is 0.709. The molecule has 0 unspecified atom stereocenters. The molecule has 4 heteroatoms. The van der Waals surface area contributed by atoms with Crippen molar-refractivity contribution in [2.75, 3.05) is 20.2 Å². The third-order valence-electron chi connectivity index (χ3n) is 2.76. The maximum Gasteiger partial charge on any atom is 0.157 e. The van der Waals surface area contributed by atoms with E-state index in [0.717, 1.165) is 24.4 Å². The van der Waals surface area contributed by atoms with Crippen molar-refractivity contribution < 1.29 is 4.74 Å². The number of para-hydroxylation sites is 1. The second kappa shape index (κ2) is 6.21. The Kier molecular flexibility index (Phi) is 4.36. The predicted octanol–water partition coefficient (Wildman–Crippen LogP) is 2.17. The summed E-state index contributed by atoms with van der Waals surface area (Å²) in [5.41, 5.74) is 2.28. The number of hydrogen-bond donors (Lipinski definition) is 1. The van der Waals surface area contributed by atoms with Gasteiger partial charge in [-0.1, -0.05) is 18.2 Å². The van der Waals surface area contributed by atoms with Gasteiger partial charge in [0.05, 0.1) is 24.7 Å². The molecule has 1 aromatic heterocycles. The summed E-state index contributed by atoms with van der Waals surface area (Å²) in [5, 5.41) is 7.41. The SMILES string of the molecule is CNCCCOc1cnn(-c2ccccc2C)c1. The number of benzene rings is 1. The molecule has 0 bridgehead atoms. The van der Waals surface area contributed by atoms with Crippen molar-refractivity contribution in [1.29, 1.82) is 0 Å². The van der Waals surface area contributed by atoms with E-state index in [1.54, 1.807) is 6.20 Å². The summed E-state index contributed by atoms with van der Waals surface area (Å²) in [6.07, 6.45) is 4.67. The Balaban J connectivity index is 2.00. The first-order valence-corrected chi connectivity index (χ1v) is 6.19. The fraction of sp³-hybridized carbons (Fsp3) is 0.357. The fourth-order valence-corrected chi connectivity index (χ4v) is 1.77. The molecule has 2 aromatic rings. The van der Waals surface area contributed by atoms with E-state index < -0.39 is 0 Å². The van der Waals surface area contributed by atoms with E-state index in [1.165, 1.54) is 5.56 Å². The van der Waals surface area contributed by atoms with E-state index in [-0.39, 0.29) is 0 Å². The summed E-state index contributed by atoms with van der Waals surface area (Å²) in [7, 11) is 1.94. The minimum Gasteiger partial charge on any atom is -0.490 e. The predicted molar refractivity (Wildman–Crippen MR) is 72.3 cm³/mol. The van der Waals surface area contributed by atoms with Gasteiger partial charge in [-0.25, -0.2) is 4.68 Å². The van der Waals surface area contributed by atoms with Gasteiger partial charge in [0.15, 0.2) is 5.75 Å². The van der Waals surface area contributed by atoms with Crippen molar-refractivity contribution in [3.05, 3.63) is 42.2 Å². The summed E-state index contributed by atoms with van der Waals surface area (Å²) in [6.45, 7) is 3.75. The third kappa shape index (κ3) is 3.11. The lowest BCUT2D eigenvalue weighted by atomic mass is 10.2. The zero-order valence-corrected chi connectivity index (χ0v) is 10.9. The molecule has 0 radical (unpaired) electrons. The molecule has 2 rings (SSSR count). The molecule has 0 fully saturated rings. The molecule has 1 aromatic carbocycles. The van der Waals surface area contributed by atoms with Gasteiger partial charge in [-0.05, 0) is 38.6 Å². The molecule has 4 nitrogen and oxygen atoms in total. The molecular formula is C14H19N3O. The Morgan fingerprint density at radius 1 is 1.33 bits per heavy atom. The van der Waals surface area contributed by atoms with Crippen LogP contribution in [-0.4, -0.2) is 30.0 Å². The smallest absolute Gasteiger partial charge is 0.157 e. The fourth-order valence-electron chi connectivity index (χ4n) is 1.77. The van der Waals surface area contributed by atoms with E-state index in [1.807, 2.05) is 36.1 Å². The van der Waals surface area contributed by atoms with Gasteiger partial charge in [0, 0.05) is 0 Å². The van der Waals surface area contributed by atoms with Crippen LogP contribution in [0.15, 0.2) is 36.7 Å². The second-order valence-electron chi connectivity index (χ2n) is 4.21. The molecular weight excluding hydrogens is 226 g/mol. The van der Waals surface area contributed by atoms with Gasteiger partial charge < -0.3 is 10.1 Å². The average Bonchev–Trinajstić information content (AvgIpc) is 2.84. The number of nitrogens with zero attached hydrogens (tertiary/aromatic N) is 2. The third-order valence-corrected chi connectivity index (χ3v) is 2.76. The highest BCUT2D eigenvalue weighted by Crippen LogP contribution is 2.16. The molecule has 0 spiro atoms. The number of ether oxygens (including phenoxy) is 1. The van der Waals surface area contributed by atoms with E-state index in [0.29, 0.717) is 6.61 Å². The number of hydrogen-bond acceptors (Lipinski definition) is 3. The average molecular weight is 245 g/mol. The van der Waals surface area contributed by atoms with Crippen LogP contribution in [0.25, 0.3) is 5.69 Å². The zero-order valence-electron chi connectivity index (χ0n) is 10.9. The summed E-state index contributed by atoms with van der Waals surface area (Å²) in [6, 6.07) is 8.16. The monoisotopic (exact) mass is 245 g/mol. The Morgan fingerprint density at radius 2 is 2.17 bits per heavy atom. The maximum absolute atomic E-state index is 5.63. The normalized spacial score (nSPS) is 10.6. The summed E-state index contributed by atoms with van der Waals surface area (Å²) in [4.78, 5) is 0. The lowest BCUT2D eigenvalue weighted by Crippen LogP contribution is -2.11. The van der Waals surface area contributed by atoms with Gasteiger partial charge in [0.2, 0.25) is 0 Å². The Labute approximate surface area is 108 Å². The largest absolute Gasteiger partial charge is 0.490 e. The van der Waals surface area contributed by atoms with Crippen LogP contribution in [0, 0.1) is 6.92 Å². The molecule has 18 heavy (non-hydrogen) atoms. The van der Waals surface area contributed by atoms with Crippen LogP contribution in [0.4, 0.5) is 0 Å². The van der Waals surface area contributed by atoms with Crippen LogP contribution in [0.1, 0.15) is 12.0 Å². The Bertz CT molecular complexity index is 493. The topological polar surface area (TPSA) is 39.1 Å². The minimum atomic E-state index is 0.709. The van der Waals surface area contributed by atoms with Crippen molar-refractivity contribution in [3.8, 4) is 11.4 Å². The van der Waals surface area contributed by atoms with Crippen LogP contribution in [0.2, 0.25) is 0 Å². The number of rotatable bonds is 6. The van der Waals surface area contributed by atoms with Crippen LogP contribution < -0.4 is 10.1 Å². The Morgan fingerprint density at radius 3 is 2.94 bits per heavy atom. The van der Waals surface area contributed by atoms with Crippen LogP contribution >= 0.6 is 0 Å². The number of aryl methyl sites for hydroxylation is 1. The van der Waals surface area contributed by atoms with Gasteiger partial charge in [0.1, 0.15) is 0 Å². The standard InChI is InChI=1S/C14H19N3O/c1-12-6-3-4-7-14(12)17-11-13(10-16-17)18-9-5-8-15-2/h3-4,6-7,10-11,15H,5,8-9H2,1-2H3. The van der Waals surface area contributed by atoms with Crippen LogP contribution in [0.5, 0.6) is 5.75 Å². The molecule has 0 saturated heterocycles. The number of aromatic nitrogens is 2. The second-order valence-corrected chi connectivity index (χ2v) is 4.21. The molecule has 96 valence electrons. The first-order valence-electron chi connectivity index (χ1n) is 6.19. The van der Waals surface area contributed by atoms with Gasteiger partial charge in [-0.2, -0.15) is 5.10 Å². The maximum atomic E-state index is 5.63. The lowest BCUT2D eigenvalue weighted by molar-refractivity contribution is 0.309. The highest BCUT2D eigenvalue weighted by molar-refractivity contribution is 5.40. The highest BCUT2D eigenvalue weighted by Gasteiger charge is 2.03. The van der Waals surface area contributed by atoms with E-state index >= 15 is 0 Å². The zero-order chi connectivity index (χ0) is 12.8. The molecule has 0 aliphatic heterocycles. The number of nitrogens with one attached hydrogen (secondary N) is 1. The van der Waals surface area contributed by atoms with Crippen molar-refractivity contribution in [1.82, 2.24) is 15.1 Å². The molecule has 0 aliphatic carbocycles. The van der Waals surface area contributed by atoms with Crippen LogP contribution in [0.3, 0.4) is 0 Å². The van der Waals surface area contributed by atoms with Crippen LogP contribution in [-0.2, 0) is 0 Å². The molecule has 0 aliphatic rings. The van der Waals surface area contributed by atoms with E-state index in [9.17, 15) is 0 Å². The van der Waals surface area contributed by atoms with E-state index in [4.69, 9.17) is 4.74 Å². The van der Waals surface area contributed by atoms with Gasteiger partial charge >= 0.3 is 0 Å².